The van der Waals surface area contributed by atoms with Crippen molar-refractivity contribution in [2.75, 3.05) is 29.9 Å². The summed E-state index contributed by atoms with van der Waals surface area (Å²) >= 11 is 2.00. The highest BCUT2D eigenvalue weighted by Gasteiger charge is 2.25. The van der Waals surface area contributed by atoms with E-state index < -0.39 is 0 Å². The van der Waals surface area contributed by atoms with E-state index in [2.05, 4.69) is 27.4 Å². The number of nitrogens with zero attached hydrogens (tertiary/aromatic N) is 3. The monoisotopic (exact) mass is 450 g/mol. The summed E-state index contributed by atoms with van der Waals surface area (Å²) in [5.74, 6) is 1.89. The summed E-state index contributed by atoms with van der Waals surface area (Å²) in [6, 6.07) is 14.4. The van der Waals surface area contributed by atoms with Gasteiger partial charge in [-0.25, -0.2) is 9.07 Å². The first-order valence-corrected chi connectivity index (χ1v) is 12.4. The number of hydrogen-bond acceptors (Lipinski definition) is 4. The minimum atomic E-state index is -0.282. The summed E-state index contributed by atoms with van der Waals surface area (Å²) in [6.07, 6.45) is 3.83. The number of carbonyl (C=O) groups is 1. The Hall–Kier alpha value is -2.64. The van der Waals surface area contributed by atoms with E-state index in [0.717, 1.165) is 67.9 Å². The number of rotatable bonds is 5. The fraction of sp³-hybridized carbons (Fsp3) is 0.360. The van der Waals surface area contributed by atoms with Crippen LogP contribution in [-0.4, -0.2) is 45.2 Å². The lowest BCUT2D eigenvalue weighted by molar-refractivity contribution is 0.102. The van der Waals surface area contributed by atoms with Crippen molar-refractivity contribution in [1.29, 1.82) is 0 Å². The van der Waals surface area contributed by atoms with Crippen molar-refractivity contribution in [1.82, 2.24) is 14.7 Å². The molecule has 2 heterocycles. The predicted molar refractivity (Wildman–Crippen MR) is 127 cm³/mol. The number of anilines is 1. The fourth-order valence-electron chi connectivity index (χ4n) is 4.53. The zero-order valence-corrected chi connectivity index (χ0v) is 18.8. The van der Waals surface area contributed by atoms with Gasteiger partial charge >= 0.3 is 0 Å². The Bertz CT molecular complexity index is 1110. The molecule has 0 unspecified atom stereocenters. The molecule has 0 spiro atoms. The topological polar surface area (TPSA) is 50.2 Å². The molecular weight excluding hydrogens is 423 g/mol. The Kier molecular flexibility index (Phi) is 6.28. The summed E-state index contributed by atoms with van der Waals surface area (Å²) in [7, 11) is 0. The Balaban J connectivity index is 1.38. The number of fused-ring (bicyclic) bond motifs is 1. The van der Waals surface area contributed by atoms with E-state index in [9.17, 15) is 9.18 Å². The molecule has 2 aromatic carbocycles. The molecule has 1 fully saturated rings. The molecule has 3 aromatic rings. The van der Waals surface area contributed by atoms with Crippen molar-refractivity contribution in [3.8, 4) is 5.69 Å². The second-order valence-corrected chi connectivity index (χ2v) is 9.64. The third-order valence-electron chi connectivity index (χ3n) is 6.16. The van der Waals surface area contributed by atoms with Crippen LogP contribution in [0.4, 0.5) is 10.1 Å². The number of carbonyl (C=O) groups excluding carboxylic acids is 1. The smallest absolute Gasteiger partial charge is 0.276 e. The lowest BCUT2D eigenvalue weighted by Crippen LogP contribution is -2.31. The first-order valence-electron chi connectivity index (χ1n) is 11.2. The first-order chi connectivity index (χ1) is 15.7. The van der Waals surface area contributed by atoms with Gasteiger partial charge in [0, 0.05) is 48.1 Å². The third kappa shape index (κ3) is 4.59. The molecule has 5 rings (SSSR count). The Labute approximate surface area is 192 Å². The van der Waals surface area contributed by atoms with Crippen molar-refractivity contribution in [3.05, 3.63) is 76.9 Å². The van der Waals surface area contributed by atoms with E-state index in [0.29, 0.717) is 5.69 Å². The highest BCUT2D eigenvalue weighted by atomic mass is 32.2. The van der Waals surface area contributed by atoms with Crippen LogP contribution in [0.3, 0.4) is 0 Å². The number of halogens is 1. The minimum Gasteiger partial charge on any atom is -0.321 e. The largest absolute Gasteiger partial charge is 0.321 e. The number of amides is 1. The standard InChI is InChI=1S/C25H27FN4OS/c26-19-8-10-21(11-9-19)30-23-7-2-1-6-22(23)24(28-30)25(31)27-20-5-3-4-18(16-20)17-29-12-14-32-15-13-29/h3-5,8-11,16H,1-2,6-7,12-15,17H2,(H,27,31). The summed E-state index contributed by atoms with van der Waals surface area (Å²) in [4.78, 5) is 15.7. The molecule has 1 N–H and O–H groups in total. The van der Waals surface area contributed by atoms with Gasteiger partial charge in [-0.2, -0.15) is 16.9 Å². The molecule has 32 heavy (non-hydrogen) atoms. The SMILES string of the molecule is O=C(Nc1cccc(CN2CCSCC2)c1)c1nn(-c2ccc(F)cc2)c2c1CCCC2. The molecule has 1 aromatic heterocycles. The number of nitrogens with one attached hydrogen (secondary N) is 1. The van der Waals surface area contributed by atoms with Crippen LogP contribution in [-0.2, 0) is 19.4 Å². The minimum absolute atomic E-state index is 0.185. The van der Waals surface area contributed by atoms with Gasteiger partial charge in [0.05, 0.1) is 5.69 Å². The van der Waals surface area contributed by atoms with E-state index >= 15 is 0 Å². The van der Waals surface area contributed by atoms with E-state index in [1.54, 1.807) is 12.1 Å². The maximum Gasteiger partial charge on any atom is 0.276 e. The van der Waals surface area contributed by atoms with E-state index in [-0.39, 0.29) is 11.7 Å². The fourth-order valence-corrected chi connectivity index (χ4v) is 5.51. The van der Waals surface area contributed by atoms with Crippen molar-refractivity contribution < 1.29 is 9.18 Å². The van der Waals surface area contributed by atoms with Gasteiger partial charge in [-0.15, -0.1) is 0 Å². The normalized spacial score (nSPS) is 16.5. The van der Waals surface area contributed by atoms with Gasteiger partial charge in [-0.3, -0.25) is 9.69 Å². The summed E-state index contributed by atoms with van der Waals surface area (Å²) in [5, 5.41) is 7.74. The van der Waals surface area contributed by atoms with Crippen molar-refractivity contribution >= 4 is 23.4 Å². The molecule has 0 saturated carbocycles. The zero-order chi connectivity index (χ0) is 21.9. The Morgan fingerprint density at radius 1 is 1.06 bits per heavy atom. The molecule has 1 aliphatic heterocycles. The molecule has 7 heteroatoms. The average molecular weight is 451 g/mol. The van der Waals surface area contributed by atoms with Crippen LogP contribution in [0.1, 0.15) is 40.2 Å². The maximum absolute atomic E-state index is 13.4. The van der Waals surface area contributed by atoms with Gasteiger partial charge in [0.1, 0.15) is 5.82 Å². The summed E-state index contributed by atoms with van der Waals surface area (Å²) in [5.41, 5.74) is 5.32. The van der Waals surface area contributed by atoms with E-state index in [1.807, 2.05) is 28.6 Å². The van der Waals surface area contributed by atoms with Crippen LogP contribution in [0.25, 0.3) is 5.69 Å². The molecule has 1 aliphatic carbocycles. The highest BCUT2D eigenvalue weighted by Crippen LogP contribution is 2.28. The first kappa shape index (κ1) is 21.2. The van der Waals surface area contributed by atoms with E-state index in [4.69, 9.17) is 0 Å². The van der Waals surface area contributed by atoms with Crippen LogP contribution in [0.2, 0.25) is 0 Å². The lowest BCUT2D eigenvalue weighted by atomic mass is 9.95. The molecule has 1 saturated heterocycles. The Morgan fingerprint density at radius 2 is 1.84 bits per heavy atom. The molecule has 0 bridgehead atoms. The number of aromatic nitrogens is 2. The Morgan fingerprint density at radius 3 is 2.66 bits per heavy atom. The second kappa shape index (κ2) is 9.46. The van der Waals surface area contributed by atoms with E-state index in [1.165, 1.54) is 29.2 Å². The van der Waals surface area contributed by atoms with Crippen molar-refractivity contribution in [2.45, 2.75) is 32.2 Å². The second-order valence-electron chi connectivity index (χ2n) is 8.41. The maximum atomic E-state index is 13.4. The molecule has 1 amide bonds. The van der Waals surface area contributed by atoms with Gasteiger partial charge in [0.25, 0.3) is 5.91 Å². The van der Waals surface area contributed by atoms with Crippen LogP contribution >= 0.6 is 11.8 Å². The average Bonchev–Trinajstić information content (AvgIpc) is 3.20. The lowest BCUT2D eigenvalue weighted by Gasteiger charge is -2.26. The molecule has 166 valence electrons. The molecule has 0 radical (unpaired) electrons. The van der Waals surface area contributed by atoms with Gasteiger partial charge in [-0.1, -0.05) is 12.1 Å². The molecule has 0 atom stereocenters. The molecule has 2 aliphatic rings. The molecule has 5 nitrogen and oxygen atoms in total. The van der Waals surface area contributed by atoms with Gasteiger partial charge < -0.3 is 5.32 Å². The van der Waals surface area contributed by atoms with Crippen molar-refractivity contribution in [2.24, 2.45) is 0 Å². The van der Waals surface area contributed by atoms with Crippen LogP contribution < -0.4 is 5.32 Å². The zero-order valence-electron chi connectivity index (χ0n) is 18.0. The van der Waals surface area contributed by atoms with Crippen LogP contribution in [0.15, 0.2) is 48.5 Å². The van der Waals surface area contributed by atoms with Gasteiger partial charge in [0.2, 0.25) is 0 Å². The number of benzene rings is 2. The van der Waals surface area contributed by atoms with Crippen LogP contribution in [0, 0.1) is 5.82 Å². The van der Waals surface area contributed by atoms with Crippen LogP contribution in [0.5, 0.6) is 0 Å². The van der Waals surface area contributed by atoms with Gasteiger partial charge in [0.15, 0.2) is 5.69 Å². The highest BCUT2D eigenvalue weighted by molar-refractivity contribution is 7.99. The summed E-state index contributed by atoms with van der Waals surface area (Å²) < 4.78 is 15.2. The summed E-state index contributed by atoms with van der Waals surface area (Å²) in [6.45, 7) is 3.11. The number of hydrogen-bond donors (Lipinski definition) is 1. The quantitative estimate of drug-likeness (QED) is 0.613. The van der Waals surface area contributed by atoms with Gasteiger partial charge in [-0.05, 0) is 67.6 Å². The number of thioether (sulfide) groups is 1. The predicted octanol–water partition coefficient (Wildman–Crippen LogP) is 4.69. The third-order valence-corrected chi connectivity index (χ3v) is 7.10. The molecular formula is C25H27FN4OS. The van der Waals surface area contributed by atoms with Crippen molar-refractivity contribution in [3.63, 3.8) is 0 Å².